The third-order valence-electron chi connectivity index (χ3n) is 3.71. The molecule has 2 unspecified atom stereocenters. The van der Waals surface area contributed by atoms with Crippen molar-refractivity contribution in [1.82, 2.24) is 10.2 Å². The molecule has 1 aliphatic carbocycles. The van der Waals surface area contributed by atoms with Crippen LogP contribution in [0.15, 0.2) is 0 Å². The summed E-state index contributed by atoms with van der Waals surface area (Å²) in [5, 5.41) is 2.79. The molecule has 17 heavy (non-hydrogen) atoms. The first kappa shape index (κ1) is 12.4. The highest BCUT2D eigenvalue weighted by molar-refractivity contribution is 5.94. The van der Waals surface area contributed by atoms with Gasteiger partial charge in [-0.05, 0) is 25.7 Å². The van der Waals surface area contributed by atoms with E-state index in [9.17, 15) is 9.59 Å². The molecule has 4 nitrogen and oxygen atoms in total. The zero-order valence-electron chi connectivity index (χ0n) is 10.7. The molecule has 96 valence electrons. The maximum Gasteiger partial charge on any atom is 0.245 e. The summed E-state index contributed by atoms with van der Waals surface area (Å²) in [4.78, 5) is 25.6. The summed E-state index contributed by atoms with van der Waals surface area (Å²) in [5.74, 6) is 0.887. The molecule has 4 heteroatoms. The lowest BCUT2D eigenvalue weighted by atomic mass is 10.0. The van der Waals surface area contributed by atoms with Crippen molar-refractivity contribution >= 4 is 11.8 Å². The molecule has 0 aromatic carbocycles. The standard InChI is InChI=1S/C13H22N2O2/c1-3-4-11-13(17)15(8-12(16)14-11)9(2)7-10-5-6-10/h9-11H,3-8H2,1-2H3,(H,14,16). The highest BCUT2D eigenvalue weighted by atomic mass is 16.2. The number of carbonyl (C=O) groups is 2. The second kappa shape index (κ2) is 5.07. The van der Waals surface area contributed by atoms with Crippen LogP contribution in [0.3, 0.4) is 0 Å². The summed E-state index contributed by atoms with van der Waals surface area (Å²) in [6, 6.07) is -0.0803. The summed E-state index contributed by atoms with van der Waals surface area (Å²) < 4.78 is 0. The Morgan fingerprint density at radius 3 is 2.71 bits per heavy atom. The van der Waals surface area contributed by atoms with Crippen LogP contribution in [0.1, 0.15) is 46.0 Å². The smallest absolute Gasteiger partial charge is 0.245 e. The molecule has 2 atom stereocenters. The van der Waals surface area contributed by atoms with Crippen molar-refractivity contribution in [2.45, 2.75) is 58.0 Å². The van der Waals surface area contributed by atoms with E-state index in [0.717, 1.165) is 25.2 Å². The van der Waals surface area contributed by atoms with Gasteiger partial charge in [0.25, 0.3) is 0 Å². The average Bonchev–Trinajstić information content (AvgIpc) is 3.07. The van der Waals surface area contributed by atoms with Crippen LogP contribution in [0, 0.1) is 5.92 Å². The lowest BCUT2D eigenvalue weighted by molar-refractivity contribution is -0.146. The molecule has 0 radical (unpaired) electrons. The fourth-order valence-electron chi connectivity index (χ4n) is 2.56. The Kier molecular flexibility index (Phi) is 3.69. The molecule has 2 amide bonds. The Labute approximate surface area is 103 Å². The van der Waals surface area contributed by atoms with Crippen molar-refractivity contribution in [1.29, 1.82) is 0 Å². The van der Waals surface area contributed by atoms with E-state index in [2.05, 4.69) is 12.2 Å². The van der Waals surface area contributed by atoms with Crippen molar-refractivity contribution in [3.63, 3.8) is 0 Å². The molecule has 1 aliphatic heterocycles. The van der Waals surface area contributed by atoms with Crippen LogP contribution in [0.2, 0.25) is 0 Å². The van der Waals surface area contributed by atoms with Gasteiger partial charge in [0, 0.05) is 6.04 Å². The fraction of sp³-hybridized carbons (Fsp3) is 0.846. The van der Waals surface area contributed by atoms with Gasteiger partial charge in [0.05, 0.1) is 6.54 Å². The van der Waals surface area contributed by atoms with Crippen molar-refractivity contribution in [3.8, 4) is 0 Å². The van der Waals surface area contributed by atoms with Crippen molar-refractivity contribution in [2.75, 3.05) is 6.54 Å². The van der Waals surface area contributed by atoms with Gasteiger partial charge in [0.1, 0.15) is 6.04 Å². The highest BCUT2D eigenvalue weighted by Crippen LogP contribution is 2.34. The molecule has 1 heterocycles. The first-order valence-corrected chi connectivity index (χ1v) is 6.71. The van der Waals surface area contributed by atoms with E-state index >= 15 is 0 Å². The summed E-state index contributed by atoms with van der Waals surface area (Å²) in [7, 11) is 0. The Bertz CT molecular complexity index is 313. The van der Waals surface area contributed by atoms with Crippen LogP contribution in [0.5, 0.6) is 0 Å². The molecule has 1 N–H and O–H groups in total. The van der Waals surface area contributed by atoms with Crippen LogP contribution in [-0.4, -0.2) is 35.3 Å². The van der Waals surface area contributed by atoms with Gasteiger partial charge in [-0.3, -0.25) is 9.59 Å². The van der Waals surface area contributed by atoms with Crippen LogP contribution in [-0.2, 0) is 9.59 Å². The van der Waals surface area contributed by atoms with E-state index in [1.807, 2.05) is 6.92 Å². The summed E-state index contributed by atoms with van der Waals surface area (Å²) in [5.41, 5.74) is 0. The quantitative estimate of drug-likeness (QED) is 0.785. The van der Waals surface area contributed by atoms with Gasteiger partial charge in [-0.2, -0.15) is 0 Å². The largest absolute Gasteiger partial charge is 0.343 e. The summed E-state index contributed by atoms with van der Waals surface area (Å²) in [6.45, 7) is 4.34. The minimum absolute atomic E-state index is 0.00861. The van der Waals surface area contributed by atoms with Crippen LogP contribution in [0.4, 0.5) is 0 Å². The number of amides is 2. The summed E-state index contributed by atoms with van der Waals surface area (Å²) >= 11 is 0. The number of rotatable bonds is 5. The van der Waals surface area contributed by atoms with Gasteiger partial charge in [0.15, 0.2) is 0 Å². The lowest BCUT2D eigenvalue weighted by Gasteiger charge is -2.36. The Morgan fingerprint density at radius 1 is 1.41 bits per heavy atom. The van der Waals surface area contributed by atoms with E-state index in [-0.39, 0.29) is 30.4 Å². The van der Waals surface area contributed by atoms with Crippen LogP contribution < -0.4 is 5.32 Å². The Morgan fingerprint density at radius 2 is 2.12 bits per heavy atom. The number of hydrogen-bond acceptors (Lipinski definition) is 2. The zero-order valence-corrected chi connectivity index (χ0v) is 10.7. The molecule has 2 fully saturated rings. The first-order chi connectivity index (χ1) is 8.11. The fourth-order valence-corrected chi connectivity index (χ4v) is 2.56. The van der Waals surface area contributed by atoms with E-state index in [1.165, 1.54) is 12.8 Å². The SMILES string of the molecule is CCCC1NC(=O)CN(C(C)CC2CC2)C1=O. The van der Waals surface area contributed by atoms with Gasteiger partial charge >= 0.3 is 0 Å². The van der Waals surface area contributed by atoms with Gasteiger partial charge in [-0.15, -0.1) is 0 Å². The second-order valence-electron chi connectivity index (χ2n) is 5.40. The molecule has 0 aromatic rings. The Balaban J connectivity index is 1.98. The van der Waals surface area contributed by atoms with Crippen LogP contribution in [0.25, 0.3) is 0 Å². The van der Waals surface area contributed by atoms with Gasteiger partial charge in [0.2, 0.25) is 11.8 Å². The van der Waals surface area contributed by atoms with E-state index in [4.69, 9.17) is 0 Å². The van der Waals surface area contributed by atoms with E-state index in [1.54, 1.807) is 4.90 Å². The normalized spacial score (nSPS) is 26.9. The monoisotopic (exact) mass is 238 g/mol. The third kappa shape index (κ3) is 2.99. The van der Waals surface area contributed by atoms with Crippen molar-refractivity contribution in [3.05, 3.63) is 0 Å². The van der Waals surface area contributed by atoms with E-state index < -0.39 is 0 Å². The molecule has 1 saturated heterocycles. The molecular weight excluding hydrogens is 216 g/mol. The van der Waals surface area contributed by atoms with Crippen LogP contribution >= 0.6 is 0 Å². The molecule has 2 rings (SSSR count). The molecule has 1 saturated carbocycles. The highest BCUT2D eigenvalue weighted by Gasteiger charge is 2.36. The van der Waals surface area contributed by atoms with Crippen molar-refractivity contribution < 1.29 is 9.59 Å². The maximum absolute atomic E-state index is 12.2. The zero-order chi connectivity index (χ0) is 12.4. The first-order valence-electron chi connectivity index (χ1n) is 6.71. The molecule has 0 spiro atoms. The molecular formula is C13H22N2O2. The predicted octanol–water partition coefficient (Wildman–Crippen LogP) is 1.30. The number of carbonyl (C=O) groups excluding carboxylic acids is 2. The average molecular weight is 238 g/mol. The number of hydrogen-bond donors (Lipinski definition) is 1. The Hall–Kier alpha value is -1.06. The third-order valence-corrected chi connectivity index (χ3v) is 3.71. The lowest BCUT2D eigenvalue weighted by Crippen LogP contribution is -2.60. The van der Waals surface area contributed by atoms with Gasteiger partial charge in [-0.1, -0.05) is 26.2 Å². The van der Waals surface area contributed by atoms with Gasteiger partial charge in [-0.25, -0.2) is 0 Å². The van der Waals surface area contributed by atoms with E-state index in [0.29, 0.717) is 0 Å². The summed E-state index contributed by atoms with van der Waals surface area (Å²) in [6.07, 6.45) is 5.30. The minimum atomic E-state index is -0.289. The predicted molar refractivity (Wildman–Crippen MR) is 65.4 cm³/mol. The number of nitrogens with one attached hydrogen (secondary N) is 1. The molecule has 2 aliphatic rings. The van der Waals surface area contributed by atoms with Gasteiger partial charge < -0.3 is 10.2 Å². The topological polar surface area (TPSA) is 49.4 Å². The molecule has 0 bridgehead atoms. The number of piperazine rings is 1. The minimum Gasteiger partial charge on any atom is -0.343 e. The second-order valence-corrected chi connectivity index (χ2v) is 5.40. The van der Waals surface area contributed by atoms with Crippen molar-refractivity contribution in [2.24, 2.45) is 5.92 Å². The molecule has 0 aromatic heterocycles. The number of nitrogens with zero attached hydrogens (tertiary/aromatic N) is 1. The maximum atomic E-state index is 12.2.